The SMILES string of the molecule is Cc1ccc(-c2csc3ncn(CC(=O)N[C@@](C)(C#N)C(C)C)c(=O)c23)s1. The van der Waals surface area contributed by atoms with Crippen LogP contribution in [0.4, 0.5) is 0 Å². The average molecular weight is 401 g/mol. The van der Waals surface area contributed by atoms with Crippen LogP contribution in [-0.4, -0.2) is 21.0 Å². The second-order valence-corrected chi connectivity index (χ2v) is 9.08. The number of carbonyl (C=O) groups excluding carboxylic acids is 1. The molecule has 3 aromatic heterocycles. The summed E-state index contributed by atoms with van der Waals surface area (Å²) in [6.45, 7) is 7.25. The van der Waals surface area contributed by atoms with Gasteiger partial charge in [-0.3, -0.25) is 14.2 Å². The fourth-order valence-corrected chi connectivity index (χ4v) is 4.49. The molecule has 0 aliphatic rings. The number of thiophene rings is 2. The van der Waals surface area contributed by atoms with Crippen molar-refractivity contribution in [1.82, 2.24) is 14.9 Å². The Morgan fingerprint density at radius 1 is 1.44 bits per heavy atom. The maximum absolute atomic E-state index is 13.0. The number of aromatic nitrogens is 2. The number of rotatable bonds is 5. The van der Waals surface area contributed by atoms with Crippen LogP contribution < -0.4 is 10.9 Å². The van der Waals surface area contributed by atoms with Crippen molar-refractivity contribution < 1.29 is 4.79 Å². The molecule has 0 aliphatic carbocycles. The number of aryl methyl sites for hydroxylation is 1. The van der Waals surface area contributed by atoms with E-state index in [1.54, 1.807) is 18.3 Å². The van der Waals surface area contributed by atoms with E-state index in [4.69, 9.17) is 0 Å². The Labute approximate surface area is 165 Å². The summed E-state index contributed by atoms with van der Waals surface area (Å²) in [7, 11) is 0. The zero-order valence-corrected chi connectivity index (χ0v) is 17.2. The van der Waals surface area contributed by atoms with Gasteiger partial charge >= 0.3 is 0 Å². The number of carbonyl (C=O) groups is 1. The van der Waals surface area contributed by atoms with E-state index in [2.05, 4.69) is 16.4 Å². The highest BCUT2D eigenvalue weighted by Gasteiger charge is 2.30. The average Bonchev–Trinajstić information content (AvgIpc) is 3.23. The summed E-state index contributed by atoms with van der Waals surface area (Å²) in [5, 5.41) is 14.5. The van der Waals surface area contributed by atoms with E-state index in [1.807, 2.05) is 38.3 Å². The van der Waals surface area contributed by atoms with Gasteiger partial charge in [0.25, 0.3) is 5.56 Å². The molecule has 6 nitrogen and oxygen atoms in total. The van der Waals surface area contributed by atoms with E-state index < -0.39 is 5.54 Å². The van der Waals surface area contributed by atoms with Crippen molar-refractivity contribution in [1.29, 1.82) is 5.26 Å². The third-order valence-electron chi connectivity index (χ3n) is 4.67. The van der Waals surface area contributed by atoms with Crippen LogP contribution in [0.5, 0.6) is 0 Å². The topological polar surface area (TPSA) is 87.8 Å². The lowest BCUT2D eigenvalue weighted by Gasteiger charge is -2.27. The van der Waals surface area contributed by atoms with Gasteiger partial charge < -0.3 is 5.32 Å². The second kappa shape index (κ2) is 7.25. The van der Waals surface area contributed by atoms with Crippen molar-refractivity contribution in [2.75, 3.05) is 0 Å². The molecule has 0 unspecified atom stereocenters. The minimum atomic E-state index is -0.986. The first-order valence-electron chi connectivity index (χ1n) is 8.51. The van der Waals surface area contributed by atoms with Crippen LogP contribution in [0.15, 0.2) is 28.6 Å². The highest BCUT2D eigenvalue weighted by Crippen LogP contribution is 2.34. The van der Waals surface area contributed by atoms with Crippen LogP contribution >= 0.6 is 22.7 Å². The van der Waals surface area contributed by atoms with Gasteiger partial charge in [-0.15, -0.1) is 22.7 Å². The maximum atomic E-state index is 13.0. The predicted octanol–water partition coefficient (Wildman–Crippen LogP) is 3.55. The highest BCUT2D eigenvalue weighted by atomic mass is 32.1. The molecule has 0 saturated carbocycles. The van der Waals surface area contributed by atoms with Gasteiger partial charge in [0.2, 0.25) is 5.91 Å². The molecule has 8 heteroatoms. The first-order valence-corrected chi connectivity index (χ1v) is 10.2. The van der Waals surface area contributed by atoms with Gasteiger partial charge in [0, 0.05) is 20.7 Å². The van der Waals surface area contributed by atoms with Gasteiger partial charge in [-0.25, -0.2) is 4.98 Å². The number of hydrogen-bond acceptors (Lipinski definition) is 6. The fourth-order valence-electron chi connectivity index (χ4n) is 2.63. The third-order valence-corrected chi connectivity index (χ3v) is 6.59. The van der Waals surface area contributed by atoms with E-state index in [0.717, 1.165) is 15.3 Å². The minimum absolute atomic E-state index is 0.0608. The normalized spacial score (nSPS) is 13.5. The number of nitrogens with zero attached hydrogens (tertiary/aromatic N) is 3. The number of nitrogens with one attached hydrogen (secondary N) is 1. The number of nitriles is 1. The molecule has 3 aromatic rings. The Bertz CT molecular complexity index is 1100. The molecule has 0 fully saturated rings. The number of hydrogen-bond donors (Lipinski definition) is 1. The van der Waals surface area contributed by atoms with E-state index in [0.29, 0.717) is 10.2 Å². The lowest BCUT2D eigenvalue weighted by Crippen LogP contribution is -2.50. The smallest absolute Gasteiger partial charge is 0.263 e. The van der Waals surface area contributed by atoms with Crippen molar-refractivity contribution >= 4 is 38.8 Å². The molecular weight excluding hydrogens is 380 g/mol. The van der Waals surface area contributed by atoms with Crippen LogP contribution in [0.3, 0.4) is 0 Å². The summed E-state index contributed by atoms with van der Waals surface area (Å²) < 4.78 is 1.30. The number of amides is 1. The third kappa shape index (κ3) is 3.66. The second-order valence-electron chi connectivity index (χ2n) is 6.93. The molecule has 0 spiro atoms. The molecule has 140 valence electrons. The summed E-state index contributed by atoms with van der Waals surface area (Å²) in [5.74, 6) is -0.450. The summed E-state index contributed by atoms with van der Waals surface area (Å²) >= 11 is 3.03. The van der Waals surface area contributed by atoms with E-state index >= 15 is 0 Å². The molecule has 3 rings (SSSR count). The molecule has 0 aromatic carbocycles. The van der Waals surface area contributed by atoms with Gasteiger partial charge in [0.15, 0.2) is 0 Å². The summed E-state index contributed by atoms with van der Waals surface area (Å²) in [6, 6.07) is 6.14. The highest BCUT2D eigenvalue weighted by molar-refractivity contribution is 7.19. The quantitative estimate of drug-likeness (QED) is 0.709. The van der Waals surface area contributed by atoms with Gasteiger partial charge in [-0.05, 0) is 31.9 Å². The van der Waals surface area contributed by atoms with E-state index in [-0.39, 0.29) is 23.9 Å². The molecule has 3 heterocycles. The molecule has 1 N–H and O–H groups in total. The summed E-state index contributed by atoms with van der Waals surface area (Å²) in [4.78, 5) is 32.6. The Morgan fingerprint density at radius 2 is 2.19 bits per heavy atom. The van der Waals surface area contributed by atoms with Crippen LogP contribution in [0.25, 0.3) is 20.7 Å². The molecule has 0 bridgehead atoms. The Hall–Kier alpha value is -2.50. The number of fused-ring (bicyclic) bond motifs is 1. The van der Waals surface area contributed by atoms with Crippen molar-refractivity contribution in [3.63, 3.8) is 0 Å². The largest absolute Gasteiger partial charge is 0.336 e. The van der Waals surface area contributed by atoms with Crippen molar-refractivity contribution in [3.8, 4) is 16.5 Å². The Balaban J connectivity index is 1.95. The van der Waals surface area contributed by atoms with Crippen molar-refractivity contribution in [2.45, 2.75) is 39.8 Å². The Kier molecular flexibility index (Phi) is 5.18. The van der Waals surface area contributed by atoms with Crippen molar-refractivity contribution in [2.24, 2.45) is 5.92 Å². The molecule has 0 radical (unpaired) electrons. The standard InChI is InChI=1S/C19H20N4O2S2/c1-11(2)19(4,9-20)22-15(24)7-23-10-21-17-16(18(23)25)13(8-26-17)14-6-5-12(3)27-14/h5-6,8,10-11H,7H2,1-4H3,(H,22,24)/t19-/m0/s1. The lowest BCUT2D eigenvalue weighted by atomic mass is 9.90. The molecule has 1 amide bonds. The van der Waals surface area contributed by atoms with Gasteiger partial charge in [0.05, 0.1) is 17.8 Å². The molecule has 27 heavy (non-hydrogen) atoms. The predicted molar refractivity (Wildman–Crippen MR) is 109 cm³/mol. The van der Waals surface area contributed by atoms with E-state index in [9.17, 15) is 14.9 Å². The zero-order chi connectivity index (χ0) is 19.8. The summed E-state index contributed by atoms with van der Waals surface area (Å²) in [6.07, 6.45) is 1.39. The summed E-state index contributed by atoms with van der Waals surface area (Å²) in [5.41, 5.74) is -0.384. The zero-order valence-electron chi connectivity index (χ0n) is 15.6. The first-order chi connectivity index (χ1) is 12.7. The molecular formula is C19H20N4O2S2. The first kappa shape index (κ1) is 19.3. The monoisotopic (exact) mass is 400 g/mol. The van der Waals surface area contributed by atoms with E-state index in [1.165, 1.54) is 22.2 Å². The van der Waals surface area contributed by atoms with Crippen LogP contribution in [-0.2, 0) is 11.3 Å². The van der Waals surface area contributed by atoms with Crippen LogP contribution in [0.1, 0.15) is 25.6 Å². The van der Waals surface area contributed by atoms with Crippen LogP contribution in [0, 0.1) is 24.2 Å². The van der Waals surface area contributed by atoms with Crippen LogP contribution in [0.2, 0.25) is 0 Å². The molecule has 0 aliphatic heterocycles. The van der Waals surface area contributed by atoms with Crippen molar-refractivity contribution in [3.05, 3.63) is 39.1 Å². The Morgan fingerprint density at radius 3 is 2.78 bits per heavy atom. The van der Waals surface area contributed by atoms with Gasteiger partial charge in [0.1, 0.15) is 16.9 Å². The fraction of sp³-hybridized carbons (Fsp3) is 0.368. The van der Waals surface area contributed by atoms with Gasteiger partial charge in [-0.1, -0.05) is 13.8 Å². The molecule has 1 atom stereocenters. The minimum Gasteiger partial charge on any atom is -0.336 e. The maximum Gasteiger partial charge on any atom is 0.263 e. The molecule has 0 saturated heterocycles. The van der Waals surface area contributed by atoms with Gasteiger partial charge in [-0.2, -0.15) is 5.26 Å². The lowest BCUT2D eigenvalue weighted by molar-refractivity contribution is -0.123.